The lowest BCUT2D eigenvalue weighted by Crippen LogP contribution is -2.38. The van der Waals surface area contributed by atoms with Gasteiger partial charge in [0.1, 0.15) is 11.4 Å². The number of ether oxygens (including phenoxy) is 1. The van der Waals surface area contributed by atoms with Gasteiger partial charge in [-0.05, 0) is 31.5 Å². The van der Waals surface area contributed by atoms with E-state index in [1.54, 1.807) is 12.1 Å². The maximum atomic E-state index is 11.0. The zero-order valence-electron chi connectivity index (χ0n) is 10.3. The summed E-state index contributed by atoms with van der Waals surface area (Å²) in [5.41, 5.74) is 0.606. The van der Waals surface area contributed by atoms with Crippen LogP contribution in [0.25, 0.3) is 0 Å². The molecule has 0 spiro atoms. The molecule has 0 aromatic heterocycles. The van der Waals surface area contributed by atoms with Gasteiger partial charge >= 0.3 is 0 Å². The second-order valence-electron chi connectivity index (χ2n) is 4.33. The molecule has 2 rings (SSSR count). The normalized spacial score (nSPS) is 19.3. The summed E-state index contributed by atoms with van der Waals surface area (Å²) in [6, 6.07) is 5.11. The van der Waals surface area contributed by atoms with Crippen molar-refractivity contribution in [3.05, 3.63) is 28.3 Å². The minimum absolute atomic E-state index is 0.0555. The molecule has 0 bridgehead atoms. The molecule has 0 aliphatic carbocycles. The Hall–Kier alpha value is -1.82. The fraction of sp³-hybridized carbons (Fsp3) is 0.500. The second-order valence-corrected chi connectivity index (χ2v) is 4.33. The van der Waals surface area contributed by atoms with Gasteiger partial charge in [0.15, 0.2) is 0 Å². The summed E-state index contributed by atoms with van der Waals surface area (Å²) < 4.78 is 5.01. The molecule has 1 aromatic rings. The van der Waals surface area contributed by atoms with Gasteiger partial charge in [0.2, 0.25) is 0 Å². The number of nitrogens with zero attached hydrogens (tertiary/aromatic N) is 1. The van der Waals surface area contributed by atoms with Crippen LogP contribution in [0, 0.1) is 10.1 Å². The van der Waals surface area contributed by atoms with Crippen LogP contribution in [0.15, 0.2) is 18.2 Å². The SMILES string of the molecule is COc1ccc(NC2CCCNC2)c([N+](=O)[O-])c1. The van der Waals surface area contributed by atoms with Gasteiger partial charge in [-0.15, -0.1) is 0 Å². The van der Waals surface area contributed by atoms with Gasteiger partial charge in [0, 0.05) is 12.6 Å². The van der Waals surface area contributed by atoms with Crippen molar-refractivity contribution in [1.29, 1.82) is 0 Å². The van der Waals surface area contributed by atoms with E-state index in [-0.39, 0.29) is 16.7 Å². The van der Waals surface area contributed by atoms with Crippen LogP contribution in [0.4, 0.5) is 11.4 Å². The molecule has 98 valence electrons. The van der Waals surface area contributed by atoms with Crippen LogP contribution in [0.1, 0.15) is 12.8 Å². The molecule has 1 saturated heterocycles. The van der Waals surface area contributed by atoms with E-state index in [9.17, 15) is 10.1 Å². The van der Waals surface area contributed by atoms with E-state index in [4.69, 9.17) is 4.74 Å². The van der Waals surface area contributed by atoms with E-state index in [0.29, 0.717) is 11.4 Å². The van der Waals surface area contributed by atoms with Gasteiger partial charge in [-0.1, -0.05) is 0 Å². The Morgan fingerprint density at radius 2 is 2.39 bits per heavy atom. The van der Waals surface area contributed by atoms with Crippen molar-refractivity contribution in [2.45, 2.75) is 18.9 Å². The zero-order valence-corrected chi connectivity index (χ0v) is 10.3. The van der Waals surface area contributed by atoms with Crippen molar-refractivity contribution >= 4 is 11.4 Å². The van der Waals surface area contributed by atoms with Crippen molar-refractivity contribution in [2.24, 2.45) is 0 Å². The van der Waals surface area contributed by atoms with Crippen LogP contribution >= 0.6 is 0 Å². The molecular weight excluding hydrogens is 234 g/mol. The Kier molecular flexibility index (Phi) is 3.99. The molecule has 2 N–H and O–H groups in total. The third-order valence-electron chi connectivity index (χ3n) is 3.06. The lowest BCUT2D eigenvalue weighted by molar-refractivity contribution is -0.384. The minimum Gasteiger partial charge on any atom is -0.496 e. The van der Waals surface area contributed by atoms with Crippen LogP contribution in [0.2, 0.25) is 0 Å². The third kappa shape index (κ3) is 2.89. The van der Waals surface area contributed by atoms with Crippen molar-refractivity contribution in [3.63, 3.8) is 0 Å². The summed E-state index contributed by atoms with van der Waals surface area (Å²) in [4.78, 5) is 10.6. The number of rotatable bonds is 4. The standard InChI is InChI=1S/C12H17N3O3/c1-18-10-4-5-11(12(7-10)15(16)17)14-9-3-2-6-13-8-9/h4-5,7,9,13-14H,2-3,6,8H2,1H3. The highest BCUT2D eigenvalue weighted by molar-refractivity contribution is 5.64. The Bertz CT molecular complexity index is 431. The molecule has 1 atom stereocenters. The molecule has 1 unspecified atom stereocenters. The fourth-order valence-electron chi connectivity index (χ4n) is 2.11. The molecule has 6 heteroatoms. The Labute approximate surface area is 105 Å². The predicted molar refractivity (Wildman–Crippen MR) is 69.2 cm³/mol. The van der Waals surface area contributed by atoms with Gasteiger partial charge in [-0.3, -0.25) is 10.1 Å². The van der Waals surface area contributed by atoms with Crippen molar-refractivity contribution in [1.82, 2.24) is 5.32 Å². The fourth-order valence-corrected chi connectivity index (χ4v) is 2.11. The molecule has 0 amide bonds. The van der Waals surface area contributed by atoms with E-state index < -0.39 is 0 Å². The molecule has 1 aromatic carbocycles. The molecule has 1 aliphatic rings. The average Bonchev–Trinajstić information content (AvgIpc) is 2.40. The first kappa shape index (κ1) is 12.6. The maximum Gasteiger partial charge on any atom is 0.296 e. The molecule has 1 aliphatic heterocycles. The van der Waals surface area contributed by atoms with Crippen molar-refractivity contribution in [3.8, 4) is 5.75 Å². The third-order valence-corrected chi connectivity index (χ3v) is 3.06. The molecule has 0 saturated carbocycles. The Morgan fingerprint density at radius 3 is 3.00 bits per heavy atom. The lowest BCUT2D eigenvalue weighted by Gasteiger charge is -2.24. The second kappa shape index (κ2) is 5.68. The Balaban J connectivity index is 2.17. The highest BCUT2D eigenvalue weighted by Crippen LogP contribution is 2.29. The molecule has 6 nitrogen and oxygen atoms in total. The maximum absolute atomic E-state index is 11.0. The van der Waals surface area contributed by atoms with Crippen LogP contribution in [-0.4, -0.2) is 31.2 Å². The van der Waals surface area contributed by atoms with Gasteiger partial charge < -0.3 is 15.4 Å². The van der Waals surface area contributed by atoms with Gasteiger partial charge in [0.25, 0.3) is 5.69 Å². The molecule has 0 radical (unpaired) electrons. The first-order valence-corrected chi connectivity index (χ1v) is 6.00. The Morgan fingerprint density at radius 1 is 1.56 bits per heavy atom. The molecule has 18 heavy (non-hydrogen) atoms. The summed E-state index contributed by atoms with van der Waals surface area (Å²) in [7, 11) is 1.50. The first-order valence-electron chi connectivity index (χ1n) is 6.00. The number of nitro groups is 1. The minimum atomic E-state index is -0.388. The van der Waals surface area contributed by atoms with Crippen molar-refractivity contribution < 1.29 is 9.66 Å². The zero-order chi connectivity index (χ0) is 13.0. The summed E-state index contributed by atoms with van der Waals surface area (Å²) in [5, 5.41) is 17.5. The average molecular weight is 251 g/mol. The number of methoxy groups -OCH3 is 1. The topological polar surface area (TPSA) is 76.4 Å². The quantitative estimate of drug-likeness (QED) is 0.630. The predicted octanol–water partition coefficient (Wildman–Crippen LogP) is 1.77. The van der Waals surface area contributed by atoms with Crippen LogP contribution in [-0.2, 0) is 0 Å². The van der Waals surface area contributed by atoms with E-state index in [2.05, 4.69) is 10.6 Å². The van der Waals surface area contributed by atoms with Crippen LogP contribution in [0.5, 0.6) is 5.75 Å². The smallest absolute Gasteiger partial charge is 0.296 e. The van der Waals surface area contributed by atoms with E-state index in [1.165, 1.54) is 13.2 Å². The number of nitro benzene ring substituents is 1. The number of benzene rings is 1. The number of hydrogen-bond acceptors (Lipinski definition) is 5. The lowest BCUT2D eigenvalue weighted by atomic mass is 10.1. The number of nitrogens with one attached hydrogen (secondary N) is 2. The van der Waals surface area contributed by atoms with E-state index >= 15 is 0 Å². The van der Waals surface area contributed by atoms with Gasteiger partial charge in [0.05, 0.1) is 18.1 Å². The first-order chi connectivity index (χ1) is 8.70. The molecular formula is C12H17N3O3. The summed E-state index contributed by atoms with van der Waals surface area (Å²) in [6.45, 7) is 1.85. The highest BCUT2D eigenvalue weighted by Gasteiger charge is 2.19. The number of piperidine rings is 1. The monoisotopic (exact) mass is 251 g/mol. The van der Waals surface area contributed by atoms with Crippen LogP contribution < -0.4 is 15.4 Å². The van der Waals surface area contributed by atoms with E-state index in [1.807, 2.05) is 0 Å². The largest absolute Gasteiger partial charge is 0.496 e. The summed E-state index contributed by atoms with van der Waals surface area (Å²) >= 11 is 0. The summed E-state index contributed by atoms with van der Waals surface area (Å²) in [5.74, 6) is 0.494. The van der Waals surface area contributed by atoms with Gasteiger partial charge in [-0.25, -0.2) is 0 Å². The molecule has 1 fully saturated rings. The molecule has 1 heterocycles. The van der Waals surface area contributed by atoms with E-state index in [0.717, 1.165) is 25.9 Å². The van der Waals surface area contributed by atoms with Crippen LogP contribution in [0.3, 0.4) is 0 Å². The summed E-state index contributed by atoms with van der Waals surface area (Å²) in [6.07, 6.45) is 2.11. The highest BCUT2D eigenvalue weighted by atomic mass is 16.6. The van der Waals surface area contributed by atoms with Crippen molar-refractivity contribution in [2.75, 3.05) is 25.5 Å². The number of anilines is 1. The number of hydrogen-bond donors (Lipinski definition) is 2. The van der Waals surface area contributed by atoms with Gasteiger partial charge in [-0.2, -0.15) is 0 Å².